The van der Waals surface area contributed by atoms with Crippen LogP contribution in [0.1, 0.15) is 72.6 Å². The van der Waals surface area contributed by atoms with Gasteiger partial charge in [-0.05, 0) is 69.1 Å². The molecular weight excluding hydrogens is 900 g/mol. The minimum absolute atomic E-state index is 0.111. The SMILES string of the molecule is C[C@@H]1O[C@@H](O[C@H]2[C@H](O[C@H]3CC[C@@]4(C)C(=CC[C@H]5C6=C(CC[C@@H]54)[C@@H]4[C@H](C6)O[C@@]5(OC[C@H](C)[C@@H](O)[C@@H]5O)[C@H]4C)C3)OC[C@H](O)[C@@H]2O[C@@H]2OC[C@@H](O)[C@H](O)[C@H]2O)[C@H](O)[C@H](O[C@@H]2OC[C@](O)(CO)[C@H]2O)[C@H]1O. The second-order valence-electron chi connectivity index (χ2n) is 21.7. The highest BCUT2D eigenvalue weighted by Gasteiger charge is 2.65. The lowest BCUT2D eigenvalue weighted by Crippen LogP contribution is -2.65. The molecule has 10 rings (SSSR count). The van der Waals surface area contributed by atoms with Crippen molar-refractivity contribution in [1.29, 1.82) is 0 Å². The summed E-state index contributed by atoms with van der Waals surface area (Å²) in [5.41, 5.74) is 1.98. The molecule has 0 bridgehead atoms. The first-order valence-electron chi connectivity index (χ1n) is 24.6. The Hall–Kier alpha value is -1.36. The third-order valence-electron chi connectivity index (χ3n) is 17.7. The Morgan fingerprint density at radius 3 is 2.16 bits per heavy atom. The maximum atomic E-state index is 11.7. The normalized spacial score (nSPS) is 56.0. The van der Waals surface area contributed by atoms with Gasteiger partial charge in [0.25, 0.3) is 0 Å². The number of aliphatic hydroxyl groups is 11. The highest BCUT2D eigenvalue weighted by Crippen LogP contribution is 2.64. The first-order valence-corrected chi connectivity index (χ1v) is 24.6. The van der Waals surface area contributed by atoms with Gasteiger partial charge in [0.1, 0.15) is 72.7 Å². The quantitative estimate of drug-likeness (QED) is 0.107. The molecule has 21 nitrogen and oxygen atoms in total. The zero-order chi connectivity index (χ0) is 48.4. The van der Waals surface area contributed by atoms with Crippen molar-refractivity contribution in [3.63, 3.8) is 0 Å². The lowest BCUT2D eigenvalue weighted by Gasteiger charge is -2.54. The molecule has 386 valence electrons. The summed E-state index contributed by atoms with van der Waals surface area (Å²) in [5.74, 6) is -0.717. The molecule has 0 aromatic carbocycles. The highest BCUT2D eigenvalue weighted by molar-refractivity contribution is 5.38. The number of aliphatic hydroxyl groups excluding tert-OH is 10. The first-order chi connectivity index (χ1) is 32.3. The summed E-state index contributed by atoms with van der Waals surface area (Å²) < 4.78 is 61.1. The monoisotopic (exact) mass is 972 g/mol. The third-order valence-corrected chi connectivity index (χ3v) is 17.7. The highest BCUT2D eigenvalue weighted by atomic mass is 16.8. The Labute approximate surface area is 394 Å². The standard InChI is InChI=1S/C47H72O21/c1-18-13-62-47(39(56)31(18)51)19(2)30-24-7-8-26-23(25(24)12-29(30)68-47)6-5-21-11-22(9-10-45(21,26)4)64-43-38(36(28(50)15-60-43)65-41-34(54)33(53)27(49)14-59-41)67-42-35(55)37(32(52)20(3)63-42)66-44-40(57)46(58,16-48)17-61-44/h5,18-20,22-23,26-44,48-58H,6-17H2,1-4H3/t18-,19-,20-,22-,23-,26-,27+,28-,29-,30+,31+,32-,33-,34+,35+,36-,37+,38+,39-,40-,41-,42-,43-,44-,45-,46+,47-/m0/s1. The number of ether oxygens (including phenoxy) is 10. The summed E-state index contributed by atoms with van der Waals surface area (Å²) in [7, 11) is 0. The van der Waals surface area contributed by atoms with Gasteiger partial charge in [-0.2, -0.15) is 0 Å². The van der Waals surface area contributed by atoms with Crippen LogP contribution in [0.4, 0.5) is 0 Å². The summed E-state index contributed by atoms with van der Waals surface area (Å²) in [5, 5.41) is 119. The van der Waals surface area contributed by atoms with Crippen LogP contribution in [0.5, 0.6) is 0 Å². The fraction of sp³-hybridized carbons (Fsp3) is 0.915. The molecule has 6 heterocycles. The van der Waals surface area contributed by atoms with Crippen molar-refractivity contribution in [3.05, 3.63) is 22.8 Å². The second-order valence-corrected chi connectivity index (χ2v) is 21.7. The van der Waals surface area contributed by atoms with Crippen molar-refractivity contribution < 1.29 is 104 Å². The molecule has 0 amide bonds. The topological polar surface area (TPSA) is 315 Å². The molecule has 1 spiro atoms. The molecule has 11 N–H and O–H groups in total. The van der Waals surface area contributed by atoms with E-state index in [9.17, 15) is 56.2 Å². The number of rotatable bonds is 9. The van der Waals surface area contributed by atoms with Crippen LogP contribution in [0, 0.1) is 35.0 Å². The van der Waals surface area contributed by atoms with Crippen LogP contribution in [-0.4, -0.2) is 217 Å². The largest absolute Gasteiger partial charge is 0.393 e. The summed E-state index contributed by atoms with van der Waals surface area (Å²) >= 11 is 0. The molecule has 10 aliphatic rings. The number of allylic oxidation sites excluding steroid dienone is 1. The first kappa shape index (κ1) is 50.2. The van der Waals surface area contributed by atoms with E-state index in [1.54, 1.807) is 0 Å². The van der Waals surface area contributed by atoms with E-state index in [1.165, 1.54) is 23.6 Å². The van der Waals surface area contributed by atoms with E-state index in [-0.39, 0.29) is 42.5 Å². The van der Waals surface area contributed by atoms with E-state index in [0.29, 0.717) is 31.3 Å². The fourth-order valence-electron chi connectivity index (χ4n) is 13.5. The van der Waals surface area contributed by atoms with Gasteiger partial charge < -0.3 is 104 Å². The average Bonchev–Trinajstić information content (AvgIpc) is 3.93. The Balaban J connectivity index is 0.863. The minimum Gasteiger partial charge on any atom is -0.393 e. The molecular formula is C47H72O21. The molecule has 0 aromatic rings. The fourth-order valence-corrected chi connectivity index (χ4v) is 13.5. The van der Waals surface area contributed by atoms with E-state index >= 15 is 0 Å². The summed E-state index contributed by atoms with van der Waals surface area (Å²) in [6, 6.07) is 0. The van der Waals surface area contributed by atoms with E-state index in [2.05, 4.69) is 19.9 Å². The lowest BCUT2D eigenvalue weighted by atomic mass is 9.52. The minimum atomic E-state index is -2.05. The van der Waals surface area contributed by atoms with Gasteiger partial charge in [0.15, 0.2) is 25.2 Å². The maximum Gasteiger partial charge on any atom is 0.200 e. The van der Waals surface area contributed by atoms with E-state index in [1.807, 2.05) is 6.92 Å². The number of fused-ring (bicyclic) bond motifs is 6. The van der Waals surface area contributed by atoms with Crippen LogP contribution in [0.25, 0.3) is 0 Å². The smallest absolute Gasteiger partial charge is 0.200 e. The van der Waals surface area contributed by atoms with Gasteiger partial charge in [-0.3, -0.25) is 0 Å². The van der Waals surface area contributed by atoms with Gasteiger partial charge in [0, 0.05) is 17.8 Å². The van der Waals surface area contributed by atoms with Crippen LogP contribution in [0.3, 0.4) is 0 Å². The van der Waals surface area contributed by atoms with Crippen molar-refractivity contribution in [2.45, 2.75) is 201 Å². The zero-order valence-electron chi connectivity index (χ0n) is 38.9. The molecule has 0 unspecified atom stereocenters. The van der Waals surface area contributed by atoms with Gasteiger partial charge >= 0.3 is 0 Å². The predicted octanol–water partition coefficient (Wildman–Crippen LogP) is -2.43. The lowest BCUT2D eigenvalue weighted by molar-refractivity contribution is -0.384. The molecule has 4 aliphatic carbocycles. The number of hydrogen-bond donors (Lipinski definition) is 11. The Morgan fingerprint density at radius 2 is 1.41 bits per heavy atom. The molecule has 7 fully saturated rings. The molecule has 27 atom stereocenters. The van der Waals surface area contributed by atoms with E-state index in [4.69, 9.17) is 47.4 Å². The van der Waals surface area contributed by atoms with E-state index in [0.717, 1.165) is 32.1 Å². The van der Waals surface area contributed by atoms with Crippen molar-refractivity contribution in [3.8, 4) is 0 Å². The Kier molecular flexibility index (Phi) is 13.9. The summed E-state index contributed by atoms with van der Waals surface area (Å²) in [6.07, 6.45) is -17.4. The van der Waals surface area contributed by atoms with Crippen molar-refractivity contribution in [2.75, 3.05) is 33.0 Å². The van der Waals surface area contributed by atoms with Crippen molar-refractivity contribution in [2.24, 2.45) is 35.0 Å². The molecule has 0 aromatic heterocycles. The molecule has 6 saturated heterocycles. The summed E-state index contributed by atoms with van der Waals surface area (Å²) in [6.45, 7) is 6.08. The Morgan fingerprint density at radius 1 is 0.691 bits per heavy atom. The van der Waals surface area contributed by atoms with Gasteiger partial charge in [-0.1, -0.05) is 43.6 Å². The van der Waals surface area contributed by atoms with Crippen LogP contribution < -0.4 is 0 Å². The van der Waals surface area contributed by atoms with Gasteiger partial charge in [-0.25, -0.2) is 0 Å². The molecule has 21 heteroatoms. The predicted molar refractivity (Wildman–Crippen MR) is 227 cm³/mol. The van der Waals surface area contributed by atoms with Crippen LogP contribution in [0.15, 0.2) is 22.8 Å². The van der Waals surface area contributed by atoms with Gasteiger partial charge in [-0.15, -0.1) is 0 Å². The van der Waals surface area contributed by atoms with Crippen LogP contribution >= 0.6 is 0 Å². The summed E-state index contributed by atoms with van der Waals surface area (Å²) in [4.78, 5) is 0. The zero-order valence-corrected chi connectivity index (χ0v) is 38.9. The van der Waals surface area contributed by atoms with Crippen molar-refractivity contribution in [1.82, 2.24) is 0 Å². The van der Waals surface area contributed by atoms with Gasteiger partial charge in [0.05, 0.1) is 57.5 Å². The Bertz CT molecular complexity index is 1890. The molecule has 0 radical (unpaired) electrons. The molecule has 1 saturated carbocycles. The number of hydrogen-bond acceptors (Lipinski definition) is 21. The second kappa shape index (κ2) is 18.8. The van der Waals surface area contributed by atoms with Crippen molar-refractivity contribution >= 4 is 0 Å². The van der Waals surface area contributed by atoms with Crippen LogP contribution in [-0.2, 0) is 47.4 Å². The van der Waals surface area contributed by atoms with Gasteiger partial charge in [0.2, 0.25) is 5.79 Å². The molecule has 6 aliphatic heterocycles. The molecule has 68 heavy (non-hydrogen) atoms. The maximum absolute atomic E-state index is 11.7. The van der Waals surface area contributed by atoms with Crippen LogP contribution in [0.2, 0.25) is 0 Å². The average molecular weight is 973 g/mol. The third kappa shape index (κ3) is 8.20. The van der Waals surface area contributed by atoms with E-state index < -0.39 is 135 Å².